The van der Waals surface area contributed by atoms with E-state index in [4.69, 9.17) is 0 Å². The number of hydrogen-bond donors (Lipinski definition) is 1. The van der Waals surface area contributed by atoms with Crippen LogP contribution in [0.1, 0.15) is 11.4 Å². The lowest BCUT2D eigenvalue weighted by Crippen LogP contribution is -2.07. The van der Waals surface area contributed by atoms with Crippen LogP contribution in [0.2, 0.25) is 0 Å². The number of nitrogens with zero attached hydrogens (tertiary/aromatic N) is 5. The maximum Gasteiger partial charge on any atom is 0.270 e. The van der Waals surface area contributed by atoms with E-state index < -0.39 is 4.92 Å². The number of benzene rings is 2. The van der Waals surface area contributed by atoms with Gasteiger partial charge < -0.3 is 5.32 Å². The molecule has 0 aliphatic carbocycles. The zero-order valence-corrected chi connectivity index (χ0v) is 16.0. The third-order valence-corrected chi connectivity index (χ3v) is 5.00. The fourth-order valence-electron chi connectivity index (χ4n) is 2.63. The van der Waals surface area contributed by atoms with Crippen molar-refractivity contribution >= 4 is 39.7 Å². The number of nitro groups is 1. The van der Waals surface area contributed by atoms with Gasteiger partial charge in [-0.25, -0.2) is 0 Å². The highest BCUT2D eigenvalue weighted by molar-refractivity contribution is 7.19. The van der Waals surface area contributed by atoms with Crippen molar-refractivity contribution in [1.82, 2.24) is 19.8 Å². The maximum absolute atomic E-state index is 12.1. The highest BCUT2D eigenvalue weighted by Gasteiger charge is 2.10. The predicted octanol–water partition coefficient (Wildman–Crippen LogP) is 3.72. The van der Waals surface area contributed by atoms with Crippen LogP contribution < -0.4 is 5.32 Å². The molecule has 144 valence electrons. The smallest absolute Gasteiger partial charge is 0.270 e. The molecule has 29 heavy (non-hydrogen) atoms. The quantitative estimate of drug-likeness (QED) is 0.307. The molecule has 1 amide bonds. The molecule has 0 aliphatic heterocycles. The topological polar surface area (TPSA) is 115 Å². The summed E-state index contributed by atoms with van der Waals surface area (Å²) in [6.45, 7) is 1.84. The van der Waals surface area contributed by atoms with Gasteiger partial charge in [0.05, 0.1) is 4.92 Å². The Labute approximate surface area is 168 Å². The molecule has 0 saturated carbocycles. The lowest BCUT2D eigenvalue weighted by molar-refractivity contribution is -0.384. The van der Waals surface area contributed by atoms with Crippen molar-refractivity contribution in [2.24, 2.45) is 0 Å². The van der Waals surface area contributed by atoms with Crippen LogP contribution in [0.15, 0.2) is 54.6 Å². The second-order valence-corrected chi connectivity index (χ2v) is 7.06. The fourth-order valence-corrected chi connectivity index (χ4v) is 3.52. The Morgan fingerprint density at radius 3 is 2.72 bits per heavy atom. The molecule has 0 atom stereocenters. The fraction of sp³-hybridized carbons (Fsp3) is 0.0526. The zero-order chi connectivity index (χ0) is 20.4. The number of nitro benzene ring substituents is 1. The van der Waals surface area contributed by atoms with E-state index in [9.17, 15) is 14.9 Å². The van der Waals surface area contributed by atoms with Crippen molar-refractivity contribution in [2.75, 3.05) is 5.32 Å². The average Bonchev–Trinajstić information content (AvgIpc) is 3.29. The second-order valence-electron chi connectivity index (χ2n) is 6.10. The molecule has 0 saturated heterocycles. The maximum atomic E-state index is 12.1. The van der Waals surface area contributed by atoms with Crippen LogP contribution in [-0.4, -0.2) is 30.6 Å². The molecule has 4 aromatic rings. The van der Waals surface area contributed by atoms with Crippen LogP contribution >= 0.6 is 11.3 Å². The van der Waals surface area contributed by atoms with Crippen LogP contribution in [0.5, 0.6) is 0 Å². The number of non-ortho nitro benzene ring substituents is 1. The molecule has 9 nitrogen and oxygen atoms in total. The molecule has 0 radical (unpaired) electrons. The Balaban J connectivity index is 1.43. The molecule has 1 N–H and O–H groups in total. The Morgan fingerprint density at radius 2 is 2.00 bits per heavy atom. The monoisotopic (exact) mass is 406 g/mol. The number of carbonyl (C=O) groups excluding carboxylic acids is 1. The number of rotatable bonds is 5. The van der Waals surface area contributed by atoms with Gasteiger partial charge in [-0.2, -0.15) is 9.61 Å². The van der Waals surface area contributed by atoms with E-state index in [0.29, 0.717) is 11.3 Å². The number of nitrogens with one attached hydrogen (secondary N) is 1. The van der Waals surface area contributed by atoms with Gasteiger partial charge in [-0.1, -0.05) is 23.5 Å². The van der Waals surface area contributed by atoms with Gasteiger partial charge >= 0.3 is 0 Å². The van der Waals surface area contributed by atoms with E-state index in [1.807, 2.05) is 19.1 Å². The van der Waals surface area contributed by atoms with Crippen LogP contribution in [0.25, 0.3) is 21.6 Å². The van der Waals surface area contributed by atoms with Gasteiger partial charge in [0.15, 0.2) is 5.82 Å². The first-order valence-electron chi connectivity index (χ1n) is 8.52. The van der Waals surface area contributed by atoms with Crippen molar-refractivity contribution in [2.45, 2.75) is 6.92 Å². The third-order valence-electron chi connectivity index (χ3n) is 4.05. The normalized spacial score (nSPS) is 11.2. The highest BCUT2D eigenvalue weighted by Crippen LogP contribution is 2.26. The Hall–Kier alpha value is -3.92. The minimum absolute atomic E-state index is 0.0243. The summed E-state index contributed by atoms with van der Waals surface area (Å²) in [5.41, 5.74) is 2.08. The van der Waals surface area contributed by atoms with Crippen molar-refractivity contribution in [3.63, 3.8) is 0 Å². The summed E-state index contributed by atoms with van der Waals surface area (Å²) < 4.78 is 1.69. The molecule has 2 aromatic heterocycles. The molecular formula is C19H14N6O3S. The summed E-state index contributed by atoms with van der Waals surface area (Å²) in [6.07, 6.45) is 2.86. The number of hydrogen-bond acceptors (Lipinski definition) is 7. The standard InChI is InChI=1S/C19H14N6O3S/c1-12-21-22-19-24(12)23-18(29-19)14-6-8-15(9-7-14)20-17(26)10-5-13-3-2-4-16(11-13)25(27)28/h2-11H,1H3,(H,20,26). The summed E-state index contributed by atoms with van der Waals surface area (Å²) >= 11 is 1.43. The number of anilines is 1. The van der Waals surface area contributed by atoms with Crippen molar-refractivity contribution in [1.29, 1.82) is 0 Å². The molecule has 2 aromatic carbocycles. The average molecular weight is 406 g/mol. The first-order chi connectivity index (χ1) is 14.0. The van der Waals surface area contributed by atoms with Crippen LogP contribution in [0, 0.1) is 17.0 Å². The number of aryl methyl sites for hydroxylation is 1. The molecule has 0 bridgehead atoms. The van der Waals surface area contributed by atoms with Crippen LogP contribution in [-0.2, 0) is 4.79 Å². The van der Waals surface area contributed by atoms with E-state index in [-0.39, 0.29) is 11.6 Å². The van der Waals surface area contributed by atoms with Crippen LogP contribution in [0.4, 0.5) is 11.4 Å². The van der Waals surface area contributed by atoms with Gasteiger partial charge in [-0.3, -0.25) is 14.9 Å². The SMILES string of the molecule is Cc1nnc2sc(-c3ccc(NC(=O)C=Cc4cccc([N+](=O)[O-])c4)cc3)nn12. The first kappa shape index (κ1) is 18.4. The minimum atomic E-state index is -0.475. The zero-order valence-electron chi connectivity index (χ0n) is 15.1. The highest BCUT2D eigenvalue weighted by atomic mass is 32.1. The van der Waals surface area contributed by atoms with Gasteiger partial charge in [-0.15, -0.1) is 10.2 Å². The molecular weight excluding hydrogens is 392 g/mol. The van der Waals surface area contributed by atoms with Gasteiger partial charge in [0.25, 0.3) is 5.69 Å². The molecule has 10 heteroatoms. The van der Waals surface area contributed by atoms with E-state index in [1.165, 1.54) is 35.6 Å². The van der Waals surface area contributed by atoms with E-state index >= 15 is 0 Å². The third kappa shape index (κ3) is 4.01. The number of amides is 1. The summed E-state index contributed by atoms with van der Waals surface area (Å²) in [4.78, 5) is 23.2. The predicted molar refractivity (Wildman–Crippen MR) is 110 cm³/mol. The van der Waals surface area contributed by atoms with Gasteiger partial charge in [0.1, 0.15) is 5.01 Å². The summed E-state index contributed by atoms with van der Waals surface area (Å²) in [7, 11) is 0. The molecule has 0 unspecified atom stereocenters. The lowest BCUT2D eigenvalue weighted by atomic mass is 10.2. The number of aromatic nitrogens is 4. The lowest BCUT2D eigenvalue weighted by Gasteiger charge is -2.03. The van der Waals surface area contributed by atoms with Crippen LogP contribution in [0.3, 0.4) is 0 Å². The van der Waals surface area contributed by atoms with Gasteiger partial charge in [-0.05, 0) is 42.8 Å². The Kier molecular flexibility index (Phi) is 4.83. The Morgan fingerprint density at radius 1 is 1.21 bits per heavy atom. The van der Waals surface area contributed by atoms with Gasteiger partial charge in [0, 0.05) is 29.5 Å². The van der Waals surface area contributed by atoms with Gasteiger partial charge in [0.2, 0.25) is 10.9 Å². The Bertz CT molecular complexity index is 1240. The largest absolute Gasteiger partial charge is 0.323 e. The summed E-state index contributed by atoms with van der Waals surface area (Å²) in [6, 6.07) is 13.3. The van der Waals surface area contributed by atoms with Crippen molar-refractivity contribution in [3.8, 4) is 10.6 Å². The molecule has 0 spiro atoms. The van der Waals surface area contributed by atoms with E-state index in [1.54, 1.807) is 28.8 Å². The van der Waals surface area contributed by atoms with E-state index in [2.05, 4.69) is 20.6 Å². The second kappa shape index (κ2) is 7.60. The number of fused-ring (bicyclic) bond motifs is 1. The molecule has 4 rings (SSSR count). The van der Waals surface area contributed by atoms with Crippen molar-refractivity contribution in [3.05, 3.63) is 76.1 Å². The number of carbonyl (C=O) groups is 1. The van der Waals surface area contributed by atoms with Crippen molar-refractivity contribution < 1.29 is 9.72 Å². The molecule has 0 fully saturated rings. The summed E-state index contributed by atoms with van der Waals surface area (Å²) in [5.74, 6) is 0.389. The molecule has 0 aliphatic rings. The summed E-state index contributed by atoms with van der Waals surface area (Å²) in [5, 5.41) is 26.9. The first-order valence-corrected chi connectivity index (χ1v) is 9.34. The molecule has 2 heterocycles. The minimum Gasteiger partial charge on any atom is -0.323 e. The van der Waals surface area contributed by atoms with E-state index in [0.717, 1.165) is 21.4 Å².